The van der Waals surface area contributed by atoms with Crippen LogP contribution in [0.15, 0.2) is 42.5 Å². The highest BCUT2D eigenvalue weighted by Crippen LogP contribution is 2.31. The summed E-state index contributed by atoms with van der Waals surface area (Å²) in [5, 5.41) is 9.94. The highest BCUT2D eigenvalue weighted by molar-refractivity contribution is 6.30. The Morgan fingerprint density at radius 3 is 2.55 bits per heavy atom. The summed E-state index contributed by atoms with van der Waals surface area (Å²) in [5.41, 5.74) is 1.63. The fourth-order valence-electron chi connectivity index (χ4n) is 2.06. The van der Waals surface area contributed by atoms with Crippen molar-refractivity contribution < 1.29 is 9.13 Å². The molecule has 0 saturated carbocycles. The molecule has 2 aromatic rings. The zero-order valence-electron chi connectivity index (χ0n) is 10.9. The SMILES string of the molecule is COc1ccc(Cl)cc1C(C#N)Cc1ccc(F)cc1. The minimum absolute atomic E-state index is 0.289. The molecule has 102 valence electrons. The summed E-state index contributed by atoms with van der Waals surface area (Å²) in [5.74, 6) is -0.0558. The lowest BCUT2D eigenvalue weighted by molar-refractivity contribution is 0.408. The summed E-state index contributed by atoms with van der Waals surface area (Å²) >= 11 is 5.98. The van der Waals surface area contributed by atoms with Crippen molar-refractivity contribution >= 4 is 11.6 Å². The van der Waals surface area contributed by atoms with Crippen LogP contribution >= 0.6 is 11.6 Å². The Bertz CT molecular complexity index is 634. The third-order valence-electron chi connectivity index (χ3n) is 3.08. The lowest BCUT2D eigenvalue weighted by Gasteiger charge is -2.14. The third kappa shape index (κ3) is 3.28. The highest BCUT2D eigenvalue weighted by Gasteiger charge is 2.17. The van der Waals surface area contributed by atoms with Gasteiger partial charge in [-0.3, -0.25) is 0 Å². The van der Waals surface area contributed by atoms with E-state index in [9.17, 15) is 9.65 Å². The average Bonchev–Trinajstić information content (AvgIpc) is 2.46. The van der Waals surface area contributed by atoms with E-state index in [2.05, 4.69) is 6.07 Å². The Labute approximate surface area is 122 Å². The van der Waals surface area contributed by atoms with Crippen molar-refractivity contribution in [3.8, 4) is 11.8 Å². The maximum Gasteiger partial charge on any atom is 0.123 e. The van der Waals surface area contributed by atoms with Crippen molar-refractivity contribution in [3.05, 3.63) is 64.4 Å². The van der Waals surface area contributed by atoms with Crippen molar-refractivity contribution in [1.82, 2.24) is 0 Å². The predicted octanol–water partition coefficient (Wildman–Crippen LogP) is 4.34. The van der Waals surface area contributed by atoms with Crippen molar-refractivity contribution in [3.63, 3.8) is 0 Å². The van der Waals surface area contributed by atoms with Gasteiger partial charge in [-0.15, -0.1) is 0 Å². The summed E-state index contributed by atoms with van der Waals surface area (Å²) in [7, 11) is 1.55. The number of nitrogens with zero attached hydrogens (tertiary/aromatic N) is 1. The van der Waals surface area contributed by atoms with Gasteiger partial charge < -0.3 is 4.74 Å². The molecule has 0 aliphatic carbocycles. The smallest absolute Gasteiger partial charge is 0.123 e. The summed E-state index contributed by atoms with van der Waals surface area (Å²) in [4.78, 5) is 0. The predicted molar refractivity (Wildman–Crippen MR) is 76.5 cm³/mol. The standard InChI is InChI=1S/C16H13ClFNO/c1-20-16-7-4-13(17)9-15(16)12(10-19)8-11-2-5-14(18)6-3-11/h2-7,9,12H,8H2,1H3. The Hall–Kier alpha value is -2.05. The van der Waals surface area contributed by atoms with Crippen LogP contribution in [0.2, 0.25) is 5.02 Å². The minimum Gasteiger partial charge on any atom is -0.496 e. The van der Waals surface area contributed by atoms with Crippen LogP contribution in [-0.2, 0) is 6.42 Å². The van der Waals surface area contributed by atoms with Crippen LogP contribution in [-0.4, -0.2) is 7.11 Å². The van der Waals surface area contributed by atoms with E-state index in [4.69, 9.17) is 16.3 Å². The Morgan fingerprint density at radius 1 is 1.25 bits per heavy atom. The first-order valence-electron chi connectivity index (χ1n) is 6.11. The highest BCUT2D eigenvalue weighted by atomic mass is 35.5. The molecular weight excluding hydrogens is 277 g/mol. The molecule has 20 heavy (non-hydrogen) atoms. The topological polar surface area (TPSA) is 33.0 Å². The van der Waals surface area contributed by atoms with E-state index >= 15 is 0 Å². The number of methoxy groups -OCH3 is 1. The molecule has 0 spiro atoms. The summed E-state index contributed by atoms with van der Waals surface area (Å²) in [6.45, 7) is 0. The molecule has 0 radical (unpaired) electrons. The average molecular weight is 290 g/mol. The van der Waals surface area contributed by atoms with Gasteiger partial charge in [-0.1, -0.05) is 23.7 Å². The van der Waals surface area contributed by atoms with E-state index in [1.807, 2.05) is 0 Å². The minimum atomic E-state index is -0.394. The molecule has 2 aromatic carbocycles. The lowest BCUT2D eigenvalue weighted by atomic mass is 9.92. The van der Waals surface area contributed by atoms with E-state index in [1.54, 1.807) is 37.4 Å². The molecule has 1 atom stereocenters. The molecule has 0 fully saturated rings. The maximum atomic E-state index is 12.9. The van der Waals surface area contributed by atoms with E-state index in [1.165, 1.54) is 12.1 Å². The van der Waals surface area contributed by atoms with Crippen molar-refractivity contribution in [2.45, 2.75) is 12.3 Å². The van der Waals surface area contributed by atoms with Gasteiger partial charge in [-0.05, 0) is 42.3 Å². The molecule has 0 aliphatic heterocycles. The Balaban J connectivity index is 2.31. The van der Waals surface area contributed by atoms with Gasteiger partial charge in [0, 0.05) is 10.6 Å². The first-order chi connectivity index (χ1) is 9.63. The van der Waals surface area contributed by atoms with Gasteiger partial charge in [0.05, 0.1) is 19.1 Å². The van der Waals surface area contributed by atoms with Gasteiger partial charge in [0.25, 0.3) is 0 Å². The molecule has 0 aliphatic rings. The summed E-state index contributed by atoms with van der Waals surface area (Å²) in [6.07, 6.45) is 0.480. The molecule has 0 saturated heterocycles. The normalized spacial score (nSPS) is 11.7. The fourth-order valence-corrected chi connectivity index (χ4v) is 2.24. The first kappa shape index (κ1) is 14.4. The molecule has 0 aromatic heterocycles. The monoisotopic (exact) mass is 289 g/mol. The van der Waals surface area contributed by atoms with Gasteiger partial charge >= 0.3 is 0 Å². The van der Waals surface area contributed by atoms with Gasteiger partial charge in [0.2, 0.25) is 0 Å². The number of nitriles is 1. The largest absolute Gasteiger partial charge is 0.496 e. The number of hydrogen-bond donors (Lipinski definition) is 0. The van der Waals surface area contributed by atoms with Crippen LogP contribution < -0.4 is 4.74 Å². The van der Waals surface area contributed by atoms with Gasteiger partial charge in [0.1, 0.15) is 11.6 Å². The van der Waals surface area contributed by atoms with Gasteiger partial charge in [0.15, 0.2) is 0 Å². The number of hydrogen-bond acceptors (Lipinski definition) is 2. The van der Waals surface area contributed by atoms with Gasteiger partial charge in [-0.2, -0.15) is 5.26 Å². The molecule has 0 amide bonds. The second-order valence-electron chi connectivity index (χ2n) is 4.40. The van der Waals surface area contributed by atoms with E-state index in [0.717, 1.165) is 11.1 Å². The molecule has 2 nitrogen and oxygen atoms in total. The molecule has 0 heterocycles. The summed E-state index contributed by atoms with van der Waals surface area (Å²) in [6, 6.07) is 13.6. The second-order valence-corrected chi connectivity index (χ2v) is 4.83. The molecule has 4 heteroatoms. The zero-order valence-corrected chi connectivity index (χ0v) is 11.7. The molecular formula is C16H13ClFNO. The van der Waals surface area contributed by atoms with Crippen molar-refractivity contribution in [1.29, 1.82) is 5.26 Å². The van der Waals surface area contributed by atoms with Crippen LogP contribution in [0.3, 0.4) is 0 Å². The van der Waals surface area contributed by atoms with Crippen LogP contribution in [0.4, 0.5) is 4.39 Å². The number of benzene rings is 2. The van der Waals surface area contributed by atoms with Crippen LogP contribution in [0.1, 0.15) is 17.0 Å². The Kier molecular flexibility index (Phi) is 4.60. The number of rotatable bonds is 4. The van der Waals surface area contributed by atoms with Crippen molar-refractivity contribution in [2.24, 2.45) is 0 Å². The first-order valence-corrected chi connectivity index (χ1v) is 6.49. The number of ether oxygens (including phenoxy) is 1. The zero-order chi connectivity index (χ0) is 14.5. The van der Waals surface area contributed by atoms with Crippen molar-refractivity contribution in [2.75, 3.05) is 7.11 Å². The third-order valence-corrected chi connectivity index (χ3v) is 3.31. The molecule has 0 N–H and O–H groups in total. The second kappa shape index (κ2) is 6.40. The Morgan fingerprint density at radius 2 is 1.95 bits per heavy atom. The maximum absolute atomic E-state index is 12.9. The quantitative estimate of drug-likeness (QED) is 0.839. The summed E-state index contributed by atoms with van der Waals surface area (Å²) < 4.78 is 18.2. The van der Waals surface area contributed by atoms with Crippen LogP contribution in [0.25, 0.3) is 0 Å². The molecule has 1 unspecified atom stereocenters. The van der Waals surface area contributed by atoms with E-state index < -0.39 is 5.92 Å². The van der Waals surface area contributed by atoms with Crippen LogP contribution in [0, 0.1) is 17.1 Å². The lowest BCUT2D eigenvalue weighted by Crippen LogP contribution is -2.03. The molecule has 0 bridgehead atoms. The van der Waals surface area contributed by atoms with Crippen LogP contribution in [0.5, 0.6) is 5.75 Å². The van der Waals surface area contributed by atoms with E-state index in [-0.39, 0.29) is 5.82 Å². The van der Waals surface area contributed by atoms with Gasteiger partial charge in [-0.25, -0.2) is 4.39 Å². The van der Waals surface area contributed by atoms with E-state index in [0.29, 0.717) is 17.2 Å². The molecule has 2 rings (SSSR count). The number of halogens is 2. The fraction of sp³-hybridized carbons (Fsp3) is 0.188.